The Morgan fingerprint density at radius 3 is 2.56 bits per heavy atom. The van der Waals surface area contributed by atoms with Crippen LogP contribution < -0.4 is 10.5 Å². The van der Waals surface area contributed by atoms with Gasteiger partial charge in [-0.15, -0.1) is 0 Å². The van der Waals surface area contributed by atoms with Crippen LogP contribution in [0.4, 0.5) is 5.82 Å². The Bertz CT molecular complexity index is 931. The molecule has 0 amide bonds. The van der Waals surface area contributed by atoms with Crippen LogP contribution in [-0.4, -0.2) is 28.5 Å². The van der Waals surface area contributed by atoms with Gasteiger partial charge in [0.25, 0.3) is 0 Å². The summed E-state index contributed by atoms with van der Waals surface area (Å²) in [7, 11) is 1.68. The van der Waals surface area contributed by atoms with E-state index in [0.717, 1.165) is 30.1 Å². The van der Waals surface area contributed by atoms with Gasteiger partial charge in [-0.05, 0) is 34.9 Å². The van der Waals surface area contributed by atoms with Gasteiger partial charge in [0.2, 0.25) is 5.28 Å². The molecule has 0 aliphatic carbocycles. The average molecular weight is 381 g/mol. The first-order valence-corrected chi connectivity index (χ1v) is 9.24. The van der Waals surface area contributed by atoms with Gasteiger partial charge in [-0.2, -0.15) is 0 Å². The maximum absolute atomic E-state index is 6.20. The number of ether oxygens (including phenoxy) is 1. The number of aromatic nitrogens is 2. The summed E-state index contributed by atoms with van der Waals surface area (Å²) in [5.41, 5.74) is 10.5. The molecule has 0 saturated heterocycles. The van der Waals surface area contributed by atoms with Crippen molar-refractivity contribution in [3.8, 4) is 5.75 Å². The molecule has 0 fully saturated rings. The normalized spacial score (nSPS) is 16.7. The van der Waals surface area contributed by atoms with E-state index < -0.39 is 0 Å². The molecule has 1 aromatic heterocycles. The van der Waals surface area contributed by atoms with E-state index in [0.29, 0.717) is 12.4 Å². The van der Waals surface area contributed by atoms with E-state index in [1.165, 1.54) is 11.1 Å². The van der Waals surface area contributed by atoms with Crippen molar-refractivity contribution in [1.29, 1.82) is 0 Å². The number of nitrogens with zero attached hydrogens (tertiary/aromatic N) is 3. The van der Waals surface area contributed by atoms with Crippen molar-refractivity contribution in [3.63, 3.8) is 0 Å². The molecule has 4 rings (SSSR count). The van der Waals surface area contributed by atoms with Crippen LogP contribution in [0.25, 0.3) is 0 Å². The quantitative estimate of drug-likeness (QED) is 0.696. The van der Waals surface area contributed by atoms with Crippen LogP contribution in [0.2, 0.25) is 5.28 Å². The van der Waals surface area contributed by atoms with Crippen molar-refractivity contribution in [2.24, 2.45) is 0 Å². The Morgan fingerprint density at radius 2 is 1.85 bits per heavy atom. The number of rotatable bonds is 4. The predicted molar refractivity (Wildman–Crippen MR) is 107 cm³/mol. The van der Waals surface area contributed by atoms with Gasteiger partial charge in [0.1, 0.15) is 11.6 Å². The zero-order chi connectivity index (χ0) is 18.8. The van der Waals surface area contributed by atoms with Gasteiger partial charge in [-0.25, -0.2) is 9.97 Å². The molecular formula is C21H21ClN4O. The molecule has 2 N–H and O–H groups in total. The lowest BCUT2D eigenvalue weighted by Crippen LogP contribution is -2.35. The number of benzene rings is 2. The van der Waals surface area contributed by atoms with E-state index in [2.05, 4.69) is 39.1 Å². The molecule has 1 aliphatic rings. The predicted octanol–water partition coefficient (Wildman–Crippen LogP) is 3.87. The van der Waals surface area contributed by atoms with Crippen LogP contribution in [0.5, 0.6) is 5.75 Å². The molecule has 1 unspecified atom stereocenters. The number of hydrogen-bond donors (Lipinski definition) is 1. The Morgan fingerprint density at radius 1 is 1.11 bits per heavy atom. The minimum absolute atomic E-state index is 0.107. The molecule has 0 bridgehead atoms. The maximum Gasteiger partial charge on any atom is 0.224 e. The van der Waals surface area contributed by atoms with E-state index in [-0.39, 0.29) is 11.2 Å². The number of hydrogen-bond acceptors (Lipinski definition) is 5. The Kier molecular flexibility index (Phi) is 4.97. The van der Waals surface area contributed by atoms with Crippen molar-refractivity contribution in [2.45, 2.75) is 19.0 Å². The molecule has 1 atom stereocenters. The monoisotopic (exact) mass is 380 g/mol. The molecular weight excluding hydrogens is 360 g/mol. The number of anilines is 1. The number of fused-ring (bicyclic) bond motifs is 1. The first kappa shape index (κ1) is 17.8. The fraction of sp³-hybridized carbons (Fsp3) is 0.238. The minimum atomic E-state index is 0.107. The van der Waals surface area contributed by atoms with Crippen molar-refractivity contribution in [3.05, 3.63) is 82.3 Å². The molecule has 2 aromatic carbocycles. The Balaban J connectivity index is 1.67. The number of methoxy groups -OCH3 is 1. The van der Waals surface area contributed by atoms with E-state index in [9.17, 15) is 0 Å². The smallest absolute Gasteiger partial charge is 0.224 e. The van der Waals surface area contributed by atoms with Gasteiger partial charge in [-0.1, -0.05) is 42.5 Å². The van der Waals surface area contributed by atoms with Gasteiger partial charge >= 0.3 is 0 Å². The fourth-order valence-corrected chi connectivity index (χ4v) is 3.81. The average Bonchev–Trinajstić information content (AvgIpc) is 2.69. The molecule has 0 spiro atoms. The summed E-state index contributed by atoms with van der Waals surface area (Å²) in [4.78, 5) is 11.1. The highest BCUT2D eigenvalue weighted by Gasteiger charge is 2.30. The van der Waals surface area contributed by atoms with E-state index in [1.54, 1.807) is 7.11 Å². The second kappa shape index (κ2) is 7.55. The molecule has 1 aliphatic heterocycles. The van der Waals surface area contributed by atoms with Crippen molar-refractivity contribution < 1.29 is 4.74 Å². The molecule has 5 nitrogen and oxygen atoms in total. The summed E-state index contributed by atoms with van der Waals surface area (Å²) in [5, 5.41) is 0.204. The minimum Gasteiger partial charge on any atom is -0.497 e. The van der Waals surface area contributed by atoms with Gasteiger partial charge in [0.15, 0.2) is 0 Å². The highest BCUT2D eigenvalue weighted by molar-refractivity contribution is 6.28. The lowest BCUT2D eigenvalue weighted by atomic mass is 9.88. The van der Waals surface area contributed by atoms with E-state index >= 15 is 0 Å². The second-order valence-corrected chi connectivity index (χ2v) is 7.06. The zero-order valence-electron chi connectivity index (χ0n) is 15.1. The van der Waals surface area contributed by atoms with Crippen LogP contribution in [0.15, 0.2) is 54.6 Å². The van der Waals surface area contributed by atoms with Gasteiger partial charge in [0, 0.05) is 31.1 Å². The lowest BCUT2D eigenvalue weighted by Gasteiger charge is -2.34. The molecule has 3 aromatic rings. The van der Waals surface area contributed by atoms with Crippen LogP contribution in [0, 0.1) is 0 Å². The fourth-order valence-electron chi connectivity index (χ4n) is 3.63. The van der Waals surface area contributed by atoms with Crippen LogP contribution in [0.3, 0.4) is 0 Å². The topological polar surface area (TPSA) is 64.3 Å². The third-order valence-corrected chi connectivity index (χ3v) is 5.13. The number of halogens is 1. The summed E-state index contributed by atoms with van der Waals surface area (Å²) < 4.78 is 5.25. The Labute approximate surface area is 163 Å². The zero-order valence-corrected chi connectivity index (χ0v) is 15.9. The van der Waals surface area contributed by atoms with Gasteiger partial charge in [0.05, 0.1) is 12.8 Å². The molecule has 6 heteroatoms. The van der Waals surface area contributed by atoms with E-state index in [4.69, 9.17) is 22.1 Å². The molecule has 0 radical (unpaired) electrons. The molecule has 138 valence electrons. The SMILES string of the molecule is COc1ccc(CN2Cc3c(N)nc(Cl)nc3C(c3ccccc3)C2)cc1. The summed E-state index contributed by atoms with van der Waals surface area (Å²) in [6.45, 7) is 2.36. The second-order valence-electron chi connectivity index (χ2n) is 6.72. The van der Waals surface area contributed by atoms with Crippen molar-refractivity contribution in [1.82, 2.24) is 14.9 Å². The number of nitrogens with two attached hydrogens (primary N) is 1. The third kappa shape index (κ3) is 3.75. The van der Waals surface area contributed by atoms with Crippen LogP contribution in [-0.2, 0) is 13.1 Å². The Hall–Kier alpha value is -2.63. The van der Waals surface area contributed by atoms with Gasteiger partial charge in [-0.3, -0.25) is 4.90 Å². The van der Waals surface area contributed by atoms with Crippen molar-refractivity contribution >= 4 is 17.4 Å². The van der Waals surface area contributed by atoms with Crippen LogP contribution in [0.1, 0.15) is 28.3 Å². The van der Waals surface area contributed by atoms with Gasteiger partial charge < -0.3 is 10.5 Å². The van der Waals surface area contributed by atoms with Crippen molar-refractivity contribution in [2.75, 3.05) is 19.4 Å². The number of nitrogen functional groups attached to an aromatic ring is 1. The lowest BCUT2D eigenvalue weighted by molar-refractivity contribution is 0.229. The molecule has 2 heterocycles. The van der Waals surface area contributed by atoms with Crippen LogP contribution >= 0.6 is 11.6 Å². The summed E-state index contributed by atoms with van der Waals surface area (Å²) in [5.74, 6) is 1.43. The molecule has 0 saturated carbocycles. The first-order valence-electron chi connectivity index (χ1n) is 8.86. The van der Waals surface area contributed by atoms with E-state index in [1.807, 2.05) is 30.3 Å². The largest absolute Gasteiger partial charge is 0.497 e. The summed E-state index contributed by atoms with van der Waals surface area (Å²) in [6, 6.07) is 18.5. The molecule has 27 heavy (non-hydrogen) atoms. The standard InChI is InChI=1S/C21H21ClN4O/c1-27-16-9-7-14(8-10-16)11-26-12-17(15-5-3-2-4-6-15)19-18(13-26)20(23)25-21(22)24-19/h2-10,17H,11-13H2,1H3,(H2,23,24,25). The third-order valence-electron chi connectivity index (χ3n) is 4.96. The summed E-state index contributed by atoms with van der Waals surface area (Å²) >= 11 is 6.10. The summed E-state index contributed by atoms with van der Waals surface area (Å²) in [6.07, 6.45) is 0. The first-order chi connectivity index (χ1) is 13.1. The highest BCUT2D eigenvalue weighted by atomic mass is 35.5. The maximum atomic E-state index is 6.20. The highest BCUT2D eigenvalue weighted by Crippen LogP contribution is 2.35.